The molecule has 0 N–H and O–H groups in total. The van der Waals surface area contributed by atoms with E-state index in [1.165, 1.54) is 0 Å². The van der Waals surface area contributed by atoms with E-state index in [4.69, 9.17) is 5.26 Å². The molecule has 0 aliphatic heterocycles. The number of nitriles is 1. The third kappa shape index (κ3) is 7.34. The Kier molecular flexibility index (Phi) is 7.16. The molecule has 0 heterocycles. The summed E-state index contributed by atoms with van der Waals surface area (Å²) in [6, 6.07) is 1.74. The fourth-order valence-corrected chi connectivity index (χ4v) is 0.945. The number of ether oxygens (including phenoxy) is 1. The van der Waals surface area contributed by atoms with Gasteiger partial charge >= 0.3 is 5.97 Å². The standard InChI is InChI=1S/C7H10BrNO2/c8-4-2-1-3-7(10)11-6-5-9/h1-4,6H2. The van der Waals surface area contributed by atoms with Crippen LogP contribution in [0.3, 0.4) is 0 Å². The number of hydrogen-bond donors (Lipinski definition) is 0. The fourth-order valence-electron chi connectivity index (χ4n) is 0.549. The number of carbonyl (C=O) groups excluding carboxylic acids is 1. The normalized spacial score (nSPS) is 8.73. The van der Waals surface area contributed by atoms with Gasteiger partial charge in [-0.2, -0.15) is 5.26 Å². The molecule has 0 bridgehead atoms. The number of carbonyl (C=O) groups is 1. The van der Waals surface area contributed by atoms with E-state index in [2.05, 4.69) is 20.7 Å². The molecule has 0 aromatic heterocycles. The minimum atomic E-state index is -0.285. The van der Waals surface area contributed by atoms with E-state index in [0.29, 0.717) is 6.42 Å². The first kappa shape index (κ1) is 10.4. The molecular formula is C7H10BrNO2. The van der Waals surface area contributed by atoms with Gasteiger partial charge in [-0.05, 0) is 12.8 Å². The maximum Gasteiger partial charge on any atom is 0.306 e. The van der Waals surface area contributed by atoms with Gasteiger partial charge in [0.25, 0.3) is 0 Å². The van der Waals surface area contributed by atoms with Gasteiger partial charge in [0.2, 0.25) is 0 Å². The van der Waals surface area contributed by atoms with Crippen LogP contribution >= 0.6 is 15.9 Å². The highest BCUT2D eigenvalue weighted by Crippen LogP contribution is 1.99. The lowest BCUT2D eigenvalue weighted by Crippen LogP contribution is -2.04. The van der Waals surface area contributed by atoms with E-state index >= 15 is 0 Å². The summed E-state index contributed by atoms with van der Waals surface area (Å²) in [5, 5.41) is 8.95. The molecule has 0 aromatic carbocycles. The molecule has 0 aliphatic rings. The van der Waals surface area contributed by atoms with Crippen molar-refractivity contribution >= 4 is 21.9 Å². The Morgan fingerprint density at radius 1 is 1.55 bits per heavy atom. The predicted molar refractivity (Wildman–Crippen MR) is 44.2 cm³/mol. The van der Waals surface area contributed by atoms with Crippen LogP contribution in [0.5, 0.6) is 0 Å². The number of esters is 1. The van der Waals surface area contributed by atoms with Crippen molar-refractivity contribution in [3.05, 3.63) is 0 Å². The van der Waals surface area contributed by atoms with Crippen LogP contribution in [0.25, 0.3) is 0 Å². The highest BCUT2D eigenvalue weighted by Gasteiger charge is 2.00. The third-order valence-electron chi connectivity index (χ3n) is 1.06. The molecule has 0 saturated heterocycles. The van der Waals surface area contributed by atoms with Gasteiger partial charge in [0.1, 0.15) is 6.07 Å². The average Bonchev–Trinajstić information content (AvgIpc) is 2.01. The van der Waals surface area contributed by atoms with Gasteiger partial charge in [-0.15, -0.1) is 0 Å². The van der Waals surface area contributed by atoms with Crippen LogP contribution in [0.15, 0.2) is 0 Å². The Balaban J connectivity index is 3.17. The highest BCUT2D eigenvalue weighted by atomic mass is 79.9. The van der Waals surface area contributed by atoms with Crippen LogP contribution in [0.4, 0.5) is 0 Å². The molecule has 0 fully saturated rings. The number of unbranched alkanes of at least 4 members (excludes halogenated alkanes) is 1. The topological polar surface area (TPSA) is 50.1 Å². The SMILES string of the molecule is N#CCOC(=O)CCCCBr. The number of hydrogen-bond acceptors (Lipinski definition) is 3. The minimum Gasteiger partial charge on any atom is -0.450 e. The van der Waals surface area contributed by atoms with Crippen molar-refractivity contribution in [2.75, 3.05) is 11.9 Å². The molecule has 0 saturated carbocycles. The number of nitrogens with zero attached hydrogens (tertiary/aromatic N) is 1. The molecule has 0 rings (SSSR count). The van der Waals surface area contributed by atoms with Crippen LogP contribution in [0.2, 0.25) is 0 Å². The zero-order valence-electron chi connectivity index (χ0n) is 6.18. The monoisotopic (exact) mass is 219 g/mol. The summed E-state index contributed by atoms with van der Waals surface area (Å²) in [5.74, 6) is -0.285. The van der Waals surface area contributed by atoms with E-state index in [9.17, 15) is 4.79 Å². The lowest BCUT2D eigenvalue weighted by atomic mass is 10.2. The molecule has 11 heavy (non-hydrogen) atoms. The van der Waals surface area contributed by atoms with Crippen LogP contribution in [0.1, 0.15) is 19.3 Å². The lowest BCUT2D eigenvalue weighted by molar-refractivity contribution is -0.142. The van der Waals surface area contributed by atoms with Gasteiger partial charge in [-0.25, -0.2) is 0 Å². The van der Waals surface area contributed by atoms with Gasteiger partial charge in [0, 0.05) is 11.8 Å². The minimum absolute atomic E-state index is 0.132. The smallest absolute Gasteiger partial charge is 0.306 e. The summed E-state index contributed by atoms with van der Waals surface area (Å²) < 4.78 is 4.52. The summed E-state index contributed by atoms with van der Waals surface area (Å²) in [5.41, 5.74) is 0. The van der Waals surface area contributed by atoms with E-state index < -0.39 is 0 Å². The Bertz CT molecular complexity index is 153. The van der Waals surface area contributed by atoms with Crippen molar-refractivity contribution < 1.29 is 9.53 Å². The van der Waals surface area contributed by atoms with Crippen molar-refractivity contribution in [3.8, 4) is 6.07 Å². The summed E-state index contributed by atoms with van der Waals surface area (Å²) in [7, 11) is 0. The maximum absolute atomic E-state index is 10.7. The lowest BCUT2D eigenvalue weighted by Gasteiger charge is -1.97. The van der Waals surface area contributed by atoms with Crippen LogP contribution in [0, 0.1) is 11.3 Å². The van der Waals surface area contributed by atoms with Gasteiger partial charge < -0.3 is 4.74 Å². The van der Waals surface area contributed by atoms with Crippen LogP contribution < -0.4 is 0 Å². The molecule has 0 spiro atoms. The molecule has 0 aromatic rings. The van der Waals surface area contributed by atoms with Crippen molar-refractivity contribution in [3.63, 3.8) is 0 Å². The second-order valence-corrected chi connectivity index (χ2v) is 2.76. The quantitative estimate of drug-likeness (QED) is 0.401. The van der Waals surface area contributed by atoms with Crippen LogP contribution in [-0.2, 0) is 9.53 Å². The largest absolute Gasteiger partial charge is 0.450 e. The van der Waals surface area contributed by atoms with Gasteiger partial charge in [0.15, 0.2) is 6.61 Å². The van der Waals surface area contributed by atoms with Crippen molar-refractivity contribution in [1.29, 1.82) is 5.26 Å². The summed E-state index contributed by atoms with van der Waals surface area (Å²) in [6.45, 7) is -0.132. The number of rotatable bonds is 5. The number of halogens is 1. The van der Waals surface area contributed by atoms with Gasteiger partial charge in [-0.1, -0.05) is 15.9 Å². The number of alkyl halides is 1. The first-order valence-electron chi connectivity index (χ1n) is 3.39. The Morgan fingerprint density at radius 3 is 2.82 bits per heavy atom. The fraction of sp³-hybridized carbons (Fsp3) is 0.714. The van der Waals surface area contributed by atoms with Crippen LogP contribution in [-0.4, -0.2) is 17.9 Å². The first-order valence-corrected chi connectivity index (χ1v) is 4.52. The summed E-state index contributed by atoms with van der Waals surface area (Å²) >= 11 is 3.25. The predicted octanol–water partition coefficient (Wildman–Crippen LogP) is 1.62. The molecule has 0 amide bonds. The first-order chi connectivity index (χ1) is 5.31. The zero-order valence-corrected chi connectivity index (χ0v) is 7.76. The molecule has 0 aliphatic carbocycles. The second kappa shape index (κ2) is 7.55. The second-order valence-electron chi connectivity index (χ2n) is 1.96. The van der Waals surface area contributed by atoms with E-state index in [1.54, 1.807) is 6.07 Å². The average molecular weight is 220 g/mol. The van der Waals surface area contributed by atoms with E-state index in [1.807, 2.05) is 0 Å². The Labute approximate surface area is 74.5 Å². The molecule has 3 nitrogen and oxygen atoms in total. The van der Waals surface area contributed by atoms with E-state index in [0.717, 1.165) is 18.2 Å². The highest BCUT2D eigenvalue weighted by molar-refractivity contribution is 9.09. The molecule has 62 valence electrons. The summed E-state index contributed by atoms with van der Waals surface area (Å²) in [6.07, 6.45) is 2.18. The molecule has 4 heteroatoms. The van der Waals surface area contributed by atoms with E-state index in [-0.39, 0.29) is 12.6 Å². The zero-order chi connectivity index (χ0) is 8.53. The third-order valence-corrected chi connectivity index (χ3v) is 1.62. The molecule has 0 atom stereocenters. The molecular weight excluding hydrogens is 210 g/mol. The van der Waals surface area contributed by atoms with Gasteiger partial charge in [-0.3, -0.25) is 4.79 Å². The Hall–Kier alpha value is -0.560. The van der Waals surface area contributed by atoms with Crippen molar-refractivity contribution in [2.24, 2.45) is 0 Å². The Morgan fingerprint density at radius 2 is 2.27 bits per heavy atom. The molecule has 0 radical (unpaired) electrons. The van der Waals surface area contributed by atoms with Crippen molar-refractivity contribution in [1.82, 2.24) is 0 Å². The molecule has 0 unspecified atom stereocenters. The summed E-state index contributed by atoms with van der Waals surface area (Å²) in [4.78, 5) is 10.7. The van der Waals surface area contributed by atoms with Gasteiger partial charge in [0.05, 0.1) is 0 Å². The van der Waals surface area contributed by atoms with Crippen molar-refractivity contribution in [2.45, 2.75) is 19.3 Å². The maximum atomic E-state index is 10.7.